The minimum absolute atomic E-state index is 0.0452. The van der Waals surface area contributed by atoms with Crippen LogP contribution in [0.1, 0.15) is 11.3 Å². The van der Waals surface area contributed by atoms with E-state index in [0.29, 0.717) is 0 Å². The topological polar surface area (TPSA) is 89.1 Å². The zero-order valence-corrected chi connectivity index (χ0v) is 11.6. The molecule has 3 rings (SSSR count). The quantitative estimate of drug-likeness (QED) is 0.892. The predicted molar refractivity (Wildman–Crippen MR) is 75.8 cm³/mol. The lowest BCUT2D eigenvalue weighted by atomic mass is 9.89. The van der Waals surface area contributed by atoms with Gasteiger partial charge in [-0.05, 0) is 5.56 Å². The van der Waals surface area contributed by atoms with E-state index in [9.17, 15) is 15.0 Å². The molecule has 0 amide bonds. The van der Waals surface area contributed by atoms with Crippen molar-refractivity contribution in [2.24, 2.45) is 0 Å². The van der Waals surface area contributed by atoms with Gasteiger partial charge in [0.2, 0.25) is 18.0 Å². The van der Waals surface area contributed by atoms with Crippen LogP contribution in [0.5, 0.6) is 5.75 Å². The van der Waals surface area contributed by atoms with Gasteiger partial charge < -0.3 is 24.1 Å². The Balaban J connectivity index is 2.11. The number of aliphatic hydroxyl groups is 1. The molecule has 0 radical (unpaired) electrons. The molecule has 1 atom stereocenters. The Morgan fingerprint density at radius 3 is 2.64 bits per heavy atom. The van der Waals surface area contributed by atoms with Crippen LogP contribution in [-0.2, 0) is 21.5 Å². The highest BCUT2D eigenvalue weighted by Crippen LogP contribution is 2.38. The highest BCUT2D eigenvalue weighted by Gasteiger charge is 2.43. The Kier molecular flexibility index (Phi) is 3.60. The molecule has 0 saturated carbocycles. The Morgan fingerprint density at radius 1 is 1.18 bits per heavy atom. The minimum atomic E-state index is -1.84. The van der Waals surface area contributed by atoms with Gasteiger partial charge in [-0.1, -0.05) is 30.3 Å². The normalized spacial score (nSPS) is 16.3. The Labute approximate surface area is 125 Å². The second-order valence-corrected chi connectivity index (χ2v) is 4.90. The van der Waals surface area contributed by atoms with E-state index in [-0.39, 0.29) is 24.7 Å². The minimum Gasteiger partial charge on any atom is -0.502 e. The lowest BCUT2D eigenvalue weighted by Crippen LogP contribution is -2.32. The lowest BCUT2D eigenvalue weighted by molar-refractivity contribution is -0.0219. The molecule has 0 spiro atoms. The van der Waals surface area contributed by atoms with Gasteiger partial charge in [0.05, 0.1) is 6.26 Å². The van der Waals surface area contributed by atoms with Gasteiger partial charge in [-0.15, -0.1) is 0 Å². The molecule has 0 fully saturated rings. The van der Waals surface area contributed by atoms with Crippen molar-refractivity contribution in [3.63, 3.8) is 0 Å². The largest absolute Gasteiger partial charge is 0.502 e. The first-order valence-corrected chi connectivity index (χ1v) is 6.64. The van der Waals surface area contributed by atoms with Gasteiger partial charge in [-0.2, -0.15) is 0 Å². The van der Waals surface area contributed by atoms with E-state index in [1.165, 1.54) is 6.26 Å². The van der Waals surface area contributed by atoms with Crippen LogP contribution in [-0.4, -0.2) is 17.0 Å². The number of hydrogen-bond donors (Lipinski definition) is 2. The van der Waals surface area contributed by atoms with E-state index >= 15 is 0 Å². The maximum absolute atomic E-state index is 11.6. The van der Waals surface area contributed by atoms with Crippen LogP contribution in [0.3, 0.4) is 0 Å². The molecule has 0 saturated heterocycles. The van der Waals surface area contributed by atoms with Gasteiger partial charge in [0, 0.05) is 12.5 Å². The van der Waals surface area contributed by atoms with Crippen LogP contribution in [0.25, 0.3) is 0 Å². The number of aromatic hydroxyl groups is 1. The summed E-state index contributed by atoms with van der Waals surface area (Å²) in [6.07, 6.45) is 2.41. The van der Waals surface area contributed by atoms with Crippen LogP contribution < -0.4 is 5.43 Å². The average Bonchev–Trinajstić information content (AvgIpc) is 3.06. The average molecular weight is 302 g/mol. The van der Waals surface area contributed by atoms with Gasteiger partial charge in [0.25, 0.3) is 0 Å². The Bertz CT molecular complexity index is 749. The Morgan fingerprint density at radius 2 is 1.95 bits per heavy atom. The van der Waals surface area contributed by atoms with Crippen LogP contribution in [0.2, 0.25) is 0 Å². The molecule has 1 aliphatic rings. The van der Waals surface area contributed by atoms with Gasteiger partial charge in [-0.3, -0.25) is 4.79 Å². The molecule has 6 nitrogen and oxygen atoms in total. The van der Waals surface area contributed by atoms with E-state index in [1.54, 1.807) is 12.1 Å². The third-order valence-corrected chi connectivity index (χ3v) is 3.41. The maximum Gasteiger partial charge on any atom is 0.230 e. The zero-order valence-electron chi connectivity index (χ0n) is 11.6. The Hall–Kier alpha value is -2.73. The molecule has 0 bridgehead atoms. The van der Waals surface area contributed by atoms with Crippen molar-refractivity contribution >= 4 is 0 Å². The van der Waals surface area contributed by atoms with Crippen molar-refractivity contribution in [1.29, 1.82) is 0 Å². The highest BCUT2D eigenvalue weighted by molar-refractivity contribution is 5.36. The standard InChI is InChI=1S/C16H14O6/c17-12-6-7-21-15(14(12)18)16(19,13-9-20-10-22-13)8-11-4-2-1-3-5-11/h1-7,9,18-19H,8,10H2. The van der Waals surface area contributed by atoms with Gasteiger partial charge in [0.1, 0.15) is 6.26 Å². The number of hydrogen-bond acceptors (Lipinski definition) is 6. The predicted octanol–water partition coefficient (Wildman–Crippen LogP) is 1.62. The van der Waals surface area contributed by atoms with Crippen LogP contribution in [0.4, 0.5) is 0 Å². The summed E-state index contributed by atoms with van der Waals surface area (Å²) in [5, 5.41) is 21.1. The number of benzene rings is 1. The van der Waals surface area contributed by atoms with Crippen LogP contribution in [0.15, 0.2) is 63.9 Å². The molecule has 1 aromatic carbocycles. The third kappa shape index (κ3) is 2.44. The summed E-state index contributed by atoms with van der Waals surface area (Å²) >= 11 is 0. The van der Waals surface area contributed by atoms with Crippen LogP contribution in [0, 0.1) is 0 Å². The highest BCUT2D eigenvalue weighted by atomic mass is 16.7. The van der Waals surface area contributed by atoms with Crippen molar-refractivity contribution in [3.05, 3.63) is 76.2 Å². The zero-order chi connectivity index (χ0) is 15.6. The fraction of sp³-hybridized carbons (Fsp3) is 0.188. The van der Waals surface area contributed by atoms with Gasteiger partial charge in [-0.25, -0.2) is 0 Å². The molecule has 0 aliphatic carbocycles. The molecular formula is C16H14O6. The maximum atomic E-state index is 11.6. The molecule has 2 heterocycles. The second-order valence-electron chi connectivity index (χ2n) is 4.90. The first kappa shape index (κ1) is 14.2. The number of rotatable bonds is 4. The monoisotopic (exact) mass is 302 g/mol. The van der Waals surface area contributed by atoms with E-state index in [1.807, 2.05) is 18.2 Å². The third-order valence-electron chi connectivity index (χ3n) is 3.41. The van der Waals surface area contributed by atoms with E-state index in [0.717, 1.165) is 17.9 Å². The summed E-state index contributed by atoms with van der Waals surface area (Å²) in [6.45, 7) is -0.0513. The fourth-order valence-corrected chi connectivity index (χ4v) is 2.33. The second kappa shape index (κ2) is 5.57. The van der Waals surface area contributed by atoms with Crippen molar-refractivity contribution in [1.82, 2.24) is 0 Å². The molecule has 22 heavy (non-hydrogen) atoms. The van der Waals surface area contributed by atoms with Crippen molar-refractivity contribution in [2.75, 3.05) is 6.79 Å². The van der Waals surface area contributed by atoms with Gasteiger partial charge in [0.15, 0.2) is 17.1 Å². The molecule has 114 valence electrons. The molecule has 1 unspecified atom stereocenters. The lowest BCUT2D eigenvalue weighted by Gasteiger charge is -2.26. The van der Waals surface area contributed by atoms with E-state index in [2.05, 4.69) is 0 Å². The van der Waals surface area contributed by atoms with E-state index < -0.39 is 16.8 Å². The molecule has 1 aromatic heterocycles. The van der Waals surface area contributed by atoms with Crippen molar-refractivity contribution < 1.29 is 24.1 Å². The first-order chi connectivity index (χ1) is 10.6. The van der Waals surface area contributed by atoms with Crippen LogP contribution >= 0.6 is 0 Å². The summed E-state index contributed by atoms with van der Waals surface area (Å²) in [5.41, 5.74) is -1.72. The van der Waals surface area contributed by atoms with Crippen molar-refractivity contribution in [3.8, 4) is 5.75 Å². The SMILES string of the molecule is O=c1ccoc(C(O)(Cc2ccccc2)C2=COCO2)c1O. The summed E-state index contributed by atoms with van der Waals surface area (Å²) in [6, 6.07) is 10.2. The van der Waals surface area contributed by atoms with E-state index in [4.69, 9.17) is 13.9 Å². The summed E-state index contributed by atoms with van der Waals surface area (Å²) in [4.78, 5) is 11.6. The first-order valence-electron chi connectivity index (χ1n) is 6.64. The van der Waals surface area contributed by atoms with Crippen molar-refractivity contribution in [2.45, 2.75) is 12.0 Å². The fourth-order valence-electron chi connectivity index (χ4n) is 2.33. The summed E-state index contributed by atoms with van der Waals surface area (Å²) < 4.78 is 15.5. The number of ether oxygens (including phenoxy) is 2. The molecular weight excluding hydrogens is 288 g/mol. The smallest absolute Gasteiger partial charge is 0.230 e. The van der Waals surface area contributed by atoms with Gasteiger partial charge >= 0.3 is 0 Å². The molecule has 2 N–H and O–H groups in total. The summed E-state index contributed by atoms with van der Waals surface area (Å²) in [7, 11) is 0. The molecule has 2 aromatic rings. The summed E-state index contributed by atoms with van der Waals surface area (Å²) in [5.74, 6) is -0.862. The molecule has 1 aliphatic heterocycles. The molecule has 6 heteroatoms.